The Morgan fingerprint density at radius 3 is 3.20 bits per heavy atom. The van der Waals surface area contributed by atoms with Crippen LogP contribution in [0.15, 0.2) is 24.5 Å². The van der Waals surface area contributed by atoms with Crippen LogP contribution in [0, 0.1) is 0 Å². The highest BCUT2D eigenvalue weighted by Gasteiger charge is 2.32. The van der Waals surface area contributed by atoms with Gasteiger partial charge in [-0.25, -0.2) is 4.98 Å². The molecule has 4 heterocycles. The van der Waals surface area contributed by atoms with Crippen LogP contribution in [0.3, 0.4) is 0 Å². The molecule has 0 aliphatic carbocycles. The molecule has 0 spiro atoms. The first kappa shape index (κ1) is 15.8. The number of carbonyl (C=O) groups excluding carboxylic acids is 1. The molecular weight excluding hydrogens is 320 g/mol. The highest BCUT2D eigenvalue weighted by atomic mass is 16.5. The Morgan fingerprint density at radius 1 is 1.44 bits per heavy atom. The Bertz CT molecular complexity index is 853. The topological polar surface area (TPSA) is 99.8 Å². The predicted molar refractivity (Wildman–Crippen MR) is 90.8 cm³/mol. The summed E-state index contributed by atoms with van der Waals surface area (Å²) in [6.45, 7) is 1.08. The maximum Gasteiger partial charge on any atom is 0.270 e. The van der Waals surface area contributed by atoms with Crippen LogP contribution < -0.4 is 0 Å². The predicted octanol–water partition coefficient (Wildman–Crippen LogP) is 2.19. The number of hydrogen-bond donors (Lipinski definition) is 2. The summed E-state index contributed by atoms with van der Waals surface area (Å²) in [5, 5.41) is 8.11. The van der Waals surface area contributed by atoms with E-state index in [1.165, 1.54) is 0 Å². The summed E-state index contributed by atoms with van der Waals surface area (Å²) in [5.41, 5.74) is 1.48. The second-order valence-corrected chi connectivity index (χ2v) is 6.23. The molecule has 1 amide bonds. The van der Waals surface area contributed by atoms with Gasteiger partial charge in [0, 0.05) is 37.0 Å². The summed E-state index contributed by atoms with van der Waals surface area (Å²) < 4.78 is 5.08. The average molecular weight is 340 g/mol. The number of fused-ring (bicyclic) bond motifs is 1. The number of nitrogens with zero attached hydrogens (tertiary/aromatic N) is 4. The van der Waals surface area contributed by atoms with Crippen LogP contribution in [-0.4, -0.2) is 49.6 Å². The number of nitrogens with one attached hydrogen (secondary N) is 2. The molecule has 0 aromatic carbocycles. The van der Waals surface area contributed by atoms with Gasteiger partial charge in [0.15, 0.2) is 11.6 Å². The minimum Gasteiger partial charge on any atom is -0.377 e. The van der Waals surface area contributed by atoms with Gasteiger partial charge in [0.1, 0.15) is 12.3 Å². The molecule has 1 aliphatic heterocycles. The van der Waals surface area contributed by atoms with Crippen LogP contribution in [0.5, 0.6) is 0 Å². The van der Waals surface area contributed by atoms with Crippen molar-refractivity contribution in [2.45, 2.75) is 31.9 Å². The number of hydrogen-bond acceptors (Lipinski definition) is 5. The maximum absolute atomic E-state index is 13.1. The maximum atomic E-state index is 13.1. The van der Waals surface area contributed by atoms with Crippen molar-refractivity contribution in [3.05, 3.63) is 41.9 Å². The first-order valence-electron chi connectivity index (χ1n) is 8.40. The largest absolute Gasteiger partial charge is 0.377 e. The van der Waals surface area contributed by atoms with Gasteiger partial charge in [-0.1, -0.05) is 0 Å². The summed E-state index contributed by atoms with van der Waals surface area (Å²) >= 11 is 0. The zero-order valence-corrected chi connectivity index (χ0v) is 14.0. The van der Waals surface area contributed by atoms with E-state index >= 15 is 0 Å². The molecule has 1 saturated heterocycles. The van der Waals surface area contributed by atoms with E-state index < -0.39 is 0 Å². The molecular formula is C17H20N6O2. The molecule has 3 aromatic heterocycles. The van der Waals surface area contributed by atoms with Crippen LogP contribution in [0.25, 0.3) is 10.9 Å². The van der Waals surface area contributed by atoms with E-state index in [1.807, 2.05) is 17.0 Å². The van der Waals surface area contributed by atoms with E-state index in [2.05, 4.69) is 25.1 Å². The number of carbonyl (C=O) groups is 1. The van der Waals surface area contributed by atoms with E-state index in [4.69, 9.17) is 4.74 Å². The molecule has 0 saturated carbocycles. The van der Waals surface area contributed by atoms with Crippen molar-refractivity contribution in [3.63, 3.8) is 0 Å². The summed E-state index contributed by atoms with van der Waals surface area (Å²) in [4.78, 5) is 26.7. The summed E-state index contributed by atoms with van der Waals surface area (Å²) in [5.74, 6) is 1.30. The number of piperidine rings is 1. The smallest absolute Gasteiger partial charge is 0.270 e. The standard InChI is InChI=1S/C17H20N6O2/c1-25-10-15-20-16(22-21-15)14-4-2-3-7-23(14)17(24)13-8-11-9-18-6-5-12(11)19-13/h5-6,8-9,14,19H,2-4,7,10H2,1H3,(H,20,21,22). The van der Waals surface area contributed by atoms with Gasteiger partial charge in [-0.15, -0.1) is 0 Å². The zero-order valence-electron chi connectivity index (χ0n) is 14.0. The Labute approximate surface area is 144 Å². The molecule has 130 valence electrons. The number of amides is 1. The van der Waals surface area contributed by atoms with Crippen LogP contribution in [-0.2, 0) is 11.3 Å². The van der Waals surface area contributed by atoms with Gasteiger partial charge >= 0.3 is 0 Å². The van der Waals surface area contributed by atoms with E-state index in [1.54, 1.807) is 19.5 Å². The molecule has 4 rings (SSSR count). The van der Waals surface area contributed by atoms with Gasteiger partial charge in [0.25, 0.3) is 5.91 Å². The lowest BCUT2D eigenvalue weighted by molar-refractivity contribution is 0.0595. The molecule has 0 bridgehead atoms. The van der Waals surface area contributed by atoms with Crippen molar-refractivity contribution < 1.29 is 9.53 Å². The Hall–Kier alpha value is -2.74. The number of aromatic amines is 2. The molecule has 8 heteroatoms. The number of rotatable bonds is 4. The molecule has 8 nitrogen and oxygen atoms in total. The third-order valence-electron chi connectivity index (χ3n) is 4.54. The number of pyridine rings is 1. The zero-order chi connectivity index (χ0) is 17.2. The molecule has 1 atom stereocenters. The molecule has 3 aromatic rings. The van der Waals surface area contributed by atoms with E-state index in [-0.39, 0.29) is 11.9 Å². The van der Waals surface area contributed by atoms with E-state index in [0.29, 0.717) is 30.5 Å². The lowest BCUT2D eigenvalue weighted by Gasteiger charge is -2.33. The third-order valence-corrected chi connectivity index (χ3v) is 4.54. The van der Waals surface area contributed by atoms with E-state index in [0.717, 1.165) is 30.2 Å². The van der Waals surface area contributed by atoms with Crippen molar-refractivity contribution in [1.29, 1.82) is 0 Å². The summed E-state index contributed by atoms with van der Waals surface area (Å²) in [6.07, 6.45) is 6.36. The number of aromatic nitrogens is 5. The van der Waals surface area contributed by atoms with Crippen molar-refractivity contribution in [3.8, 4) is 0 Å². The fourth-order valence-corrected chi connectivity index (χ4v) is 3.35. The average Bonchev–Trinajstić information content (AvgIpc) is 3.28. The van der Waals surface area contributed by atoms with Gasteiger partial charge in [-0.2, -0.15) is 5.10 Å². The van der Waals surface area contributed by atoms with Gasteiger partial charge in [-0.05, 0) is 31.4 Å². The molecule has 1 fully saturated rings. The Kier molecular flexibility index (Phi) is 4.19. The molecule has 25 heavy (non-hydrogen) atoms. The monoisotopic (exact) mass is 340 g/mol. The van der Waals surface area contributed by atoms with Crippen LogP contribution in [0.1, 0.15) is 47.4 Å². The Morgan fingerprint density at radius 2 is 2.36 bits per heavy atom. The first-order chi connectivity index (χ1) is 12.3. The van der Waals surface area contributed by atoms with Gasteiger partial charge in [-0.3, -0.25) is 14.9 Å². The lowest BCUT2D eigenvalue weighted by Crippen LogP contribution is -2.39. The van der Waals surface area contributed by atoms with Crippen molar-refractivity contribution in [2.24, 2.45) is 0 Å². The number of likely N-dealkylation sites (tertiary alicyclic amines) is 1. The highest BCUT2D eigenvalue weighted by molar-refractivity contribution is 5.98. The third kappa shape index (κ3) is 3.00. The minimum absolute atomic E-state index is 0.0287. The van der Waals surface area contributed by atoms with Crippen molar-refractivity contribution in [2.75, 3.05) is 13.7 Å². The van der Waals surface area contributed by atoms with Crippen molar-refractivity contribution in [1.82, 2.24) is 30.0 Å². The second-order valence-electron chi connectivity index (χ2n) is 6.23. The van der Waals surface area contributed by atoms with Crippen LogP contribution in [0.4, 0.5) is 0 Å². The summed E-state index contributed by atoms with van der Waals surface area (Å²) in [6, 6.07) is 3.60. The quantitative estimate of drug-likeness (QED) is 0.758. The normalized spacial score (nSPS) is 18.0. The molecule has 1 aliphatic rings. The number of ether oxygens (including phenoxy) is 1. The number of H-pyrrole nitrogens is 2. The van der Waals surface area contributed by atoms with Gasteiger partial charge < -0.3 is 14.6 Å². The minimum atomic E-state index is -0.118. The van der Waals surface area contributed by atoms with Gasteiger partial charge in [0.05, 0.1) is 6.04 Å². The van der Waals surface area contributed by atoms with E-state index in [9.17, 15) is 4.79 Å². The fraction of sp³-hybridized carbons (Fsp3) is 0.412. The van der Waals surface area contributed by atoms with Gasteiger partial charge in [0.2, 0.25) is 0 Å². The molecule has 0 radical (unpaired) electrons. The summed E-state index contributed by atoms with van der Waals surface area (Å²) in [7, 11) is 1.61. The fourth-order valence-electron chi connectivity index (χ4n) is 3.35. The van der Waals surface area contributed by atoms with Crippen LogP contribution >= 0.6 is 0 Å². The highest BCUT2D eigenvalue weighted by Crippen LogP contribution is 2.30. The molecule has 2 N–H and O–H groups in total. The number of methoxy groups -OCH3 is 1. The molecule has 1 unspecified atom stereocenters. The van der Waals surface area contributed by atoms with Crippen LogP contribution in [0.2, 0.25) is 0 Å². The second kappa shape index (κ2) is 6.64. The lowest BCUT2D eigenvalue weighted by atomic mass is 10.0. The Balaban J connectivity index is 1.62. The van der Waals surface area contributed by atoms with Crippen molar-refractivity contribution >= 4 is 16.8 Å². The SMILES string of the molecule is COCc1nc(C2CCCCN2C(=O)c2cc3cnccc3[nH]2)n[nH]1. The first-order valence-corrected chi connectivity index (χ1v) is 8.40.